The molecule has 0 saturated heterocycles. The van der Waals surface area contributed by atoms with Crippen molar-refractivity contribution in [3.8, 4) is 11.3 Å². The molecule has 1 heterocycles. The smallest absolute Gasteiger partial charge is 0.181 e. The zero-order valence-corrected chi connectivity index (χ0v) is 7.88. The Morgan fingerprint density at radius 1 is 1.31 bits per heavy atom. The number of nitrogens with zero attached hydrogens (tertiary/aromatic N) is 1. The lowest BCUT2D eigenvalue weighted by molar-refractivity contribution is 0.572. The van der Waals surface area contributed by atoms with Crippen LogP contribution in [0, 0.1) is 6.92 Å². The molecule has 0 aliphatic carbocycles. The maximum Gasteiger partial charge on any atom is 0.181 e. The van der Waals surface area contributed by atoms with Crippen LogP contribution in [-0.2, 0) is 0 Å². The monoisotopic (exact) mass is 193 g/mol. The third-order valence-corrected chi connectivity index (χ3v) is 1.98. The number of benzene rings is 1. The van der Waals surface area contributed by atoms with Crippen LogP contribution in [0.2, 0.25) is 5.02 Å². The van der Waals surface area contributed by atoms with Gasteiger partial charge in [0, 0.05) is 10.6 Å². The lowest BCUT2D eigenvalue weighted by Gasteiger charge is -1.99. The van der Waals surface area contributed by atoms with E-state index in [1.165, 1.54) is 6.39 Å². The Morgan fingerprint density at radius 2 is 2.15 bits per heavy atom. The van der Waals surface area contributed by atoms with E-state index in [9.17, 15) is 0 Å². The van der Waals surface area contributed by atoms with E-state index < -0.39 is 0 Å². The topological polar surface area (TPSA) is 26.0 Å². The van der Waals surface area contributed by atoms with Gasteiger partial charge in [-0.15, -0.1) is 0 Å². The zero-order valence-electron chi connectivity index (χ0n) is 7.12. The highest BCUT2D eigenvalue weighted by Gasteiger charge is 2.02. The van der Waals surface area contributed by atoms with Gasteiger partial charge in [-0.3, -0.25) is 0 Å². The van der Waals surface area contributed by atoms with Crippen LogP contribution in [0.25, 0.3) is 11.3 Å². The summed E-state index contributed by atoms with van der Waals surface area (Å²) in [7, 11) is 0. The number of halogens is 1. The summed E-state index contributed by atoms with van der Waals surface area (Å²) >= 11 is 5.90. The molecule has 0 unspecified atom stereocenters. The van der Waals surface area contributed by atoms with E-state index in [4.69, 9.17) is 16.0 Å². The van der Waals surface area contributed by atoms with E-state index in [1.54, 1.807) is 6.20 Å². The van der Waals surface area contributed by atoms with Gasteiger partial charge in [0.05, 0.1) is 6.20 Å². The Bertz CT molecular complexity index is 389. The van der Waals surface area contributed by atoms with Gasteiger partial charge in [0.2, 0.25) is 0 Å². The number of hydrogen-bond acceptors (Lipinski definition) is 2. The van der Waals surface area contributed by atoms with Crippen LogP contribution in [0.1, 0.15) is 5.56 Å². The molecule has 0 fully saturated rings. The van der Waals surface area contributed by atoms with Crippen molar-refractivity contribution < 1.29 is 4.42 Å². The summed E-state index contributed by atoms with van der Waals surface area (Å²) in [5.74, 6) is 0.741. The lowest BCUT2D eigenvalue weighted by Crippen LogP contribution is -1.77. The quantitative estimate of drug-likeness (QED) is 0.695. The first kappa shape index (κ1) is 8.32. The first-order valence-electron chi connectivity index (χ1n) is 3.92. The Kier molecular flexibility index (Phi) is 2.07. The van der Waals surface area contributed by atoms with Gasteiger partial charge in [0.25, 0.3) is 0 Å². The highest BCUT2D eigenvalue weighted by Crippen LogP contribution is 2.23. The fourth-order valence-electron chi connectivity index (χ4n) is 1.24. The molecule has 0 aliphatic rings. The predicted octanol–water partition coefficient (Wildman–Crippen LogP) is 3.30. The van der Waals surface area contributed by atoms with Gasteiger partial charge in [-0.2, -0.15) is 0 Å². The Morgan fingerprint density at radius 3 is 2.77 bits per heavy atom. The maximum atomic E-state index is 5.90. The summed E-state index contributed by atoms with van der Waals surface area (Å²) in [6.45, 7) is 1.99. The van der Waals surface area contributed by atoms with Gasteiger partial charge in [-0.25, -0.2) is 4.98 Å². The zero-order chi connectivity index (χ0) is 9.26. The summed E-state index contributed by atoms with van der Waals surface area (Å²) < 4.78 is 5.16. The molecule has 0 bridgehead atoms. The van der Waals surface area contributed by atoms with Crippen molar-refractivity contribution in [2.75, 3.05) is 0 Å². The van der Waals surface area contributed by atoms with Crippen LogP contribution in [0.3, 0.4) is 0 Å². The molecule has 0 spiro atoms. The third kappa shape index (κ3) is 1.73. The highest BCUT2D eigenvalue weighted by atomic mass is 35.5. The van der Waals surface area contributed by atoms with Crippen LogP contribution in [0.15, 0.2) is 35.2 Å². The second-order valence-electron chi connectivity index (χ2n) is 2.88. The molecule has 0 amide bonds. The van der Waals surface area contributed by atoms with Gasteiger partial charge >= 0.3 is 0 Å². The van der Waals surface area contributed by atoms with Crippen LogP contribution in [0.4, 0.5) is 0 Å². The number of aryl methyl sites for hydroxylation is 1. The standard InChI is InChI=1S/C10H8ClNO/c1-7-2-8(4-9(11)3-7)10-5-12-6-13-10/h2-6H,1H3. The van der Waals surface area contributed by atoms with Crippen molar-refractivity contribution >= 4 is 11.6 Å². The lowest BCUT2D eigenvalue weighted by atomic mass is 10.1. The van der Waals surface area contributed by atoms with Gasteiger partial charge in [0.15, 0.2) is 12.2 Å². The van der Waals surface area contributed by atoms with Crippen LogP contribution < -0.4 is 0 Å². The van der Waals surface area contributed by atoms with Gasteiger partial charge in [0.1, 0.15) is 0 Å². The first-order chi connectivity index (χ1) is 6.25. The minimum atomic E-state index is 0.714. The van der Waals surface area contributed by atoms with Crippen molar-refractivity contribution in [2.24, 2.45) is 0 Å². The summed E-state index contributed by atoms with van der Waals surface area (Å²) in [4.78, 5) is 3.85. The van der Waals surface area contributed by atoms with Crippen LogP contribution >= 0.6 is 11.6 Å². The number of oxazole rings is 1. The molecule has 2 aromatic rings. The van der Waals surface area contributed by atoms with Crippen molar-refractivity contribution in [1.29, 1.82) is 0 Å². The molecular weight excluding hydrogens is 186 g/mol. The average Bonchev–Trinajstić information content (AvgIpc) is 2.53. The van der Waals surface area contributed by atoms with Crippen molar-refractivity contribution in [3.63, 3.8) is 0 Å². The molecule has 3 heteroatoms. The molecule has 0 saturated carbocycles. The van der Waals surface area contributed by atoms with Crippen molar-refractivity contribution in [1.82, 2.24) is 4.98 Å². The van der Waals surface area contributed by atoms with Gasteiger partial charge in [-0.1, -0.05) is 11.6 Å². The second kappa shape index (κ2) is 3.23. The number of aromatic nitrogens is 1. The van der Waals surface area contributed by atoms with E-state index in [2.05, 4.69) is 4.98 Å². The number of hydrogen-bond donors (Lipinski definition) is 0. The molecule has 66 valence electrons. The fourth-order valence-corrected chi connectivity index (χ4v) is 1.53. The molecule has 13 heavy (non-hydrogen) atoms. The molecule has 0 radical (unpaired) electrons. The number of rotatable bonds is 1. The summed E-state index contributed by atoms with van der Waals surface area (Å²) in [6.07, 6.45) is 3.08. The first-order valence-corrected chi connectivity index (χ1v) is 4.29. The summed E-state index contributed by atoms with van der Waals surface area (Å²) in [5, 5.41) is 0.714. The van der Waals surface area contributed by atoms with Gasteiger partial charge < -0.3 is 4.42 Å². The van der Waals surface area contributed by atoms with E-state index in [-0.39, 0.29) is 0 Å². The minimum absolute atomic E-state index is 0.714. The fraction of sp³-hybridized carbons (Fsp3) is 0.100. The van der Waals surface area contributed by atoms with Crippen LogP contribution in [0.5, 0.6) is 0 Å². The summed E-state index contributed by atoms with van der Waals surface area (Å²) in [6, 6.07) is 5.77. The van der Waals surface area contributed by atoms with Gasteiger partial charge in [-0.05, 0) is 30.7 Å². The SMILES string of the molecule is Cc1cc(Cl)cc(-c2cnco2)c1. The van der Waals surface area contributed by atoms with E-state index in [1.807, 2.05) is 25.1 Å². The predicted molar refractivity (Wildman–Crippen MR) is 51.7 cm³/mol. The third-order valence-electron chi connectivity index (χ3n) is 1.76. The molecular formula is C10H8ClNO. The largest absolute Gasteiger partial charge is 0.444 e. The van der Waals surface area contributed by atoms with Crippen LogP contribution in [-0.4, -0.2) is 4.98 Å². The van der Waals surface area contributed by atoms with Crippen molar-refractivity contribution in [3.05, 3.63) is 41.4 Å². The molecule has 0 N–H and O–H groups in total. The Labute approximate surface area is 81.2 Å². The highest BCUT2D eigenvalue weighted by molar-refractivity contribution is 6.30. The molecule has 2 rings (SSSR count). The normalized spacial score (nSPS) is 10.3. The summed E-state index contributed by atoms with van der Waals surface area (Å²) in [5.41, 5.74) is 2.07. The minimum Gasteiger partial charge on any atom is -0.444 e. The van der Waals surface area contributed by atoms with E-state index in [0.29, 0.717) is 5.02 Å². The molecule has 2 nitrogen and oxygen atoms in total. The molecule has 0 aliphatic heterocycles. The van der Waals surface area contributed by atoms with E-state index >= 15 is 0 Å². The Hall–Kier alpha value is -1.28. The maximum absolute atomic E-state index is 5.90. The van der Waals surface area contributed by atoms with Crippen molar-refractivity contribution in [2.45, 2.75) is 6.92 Å². The molecule has 0 atom stereocenters. The molecule has 1 aromatic heterocycles. The second-order valence-corrected chi connectivity index (χ2v) is 3.32. The molecule has 1 aromatic carbocycles. The average molecular weight is 194 g/mol. The Balaban J connectivity index is 2.53. The van der Waals surface area contributed by atoms with E-state index in [0.717, 1.165) is 16.9 Å².